The van der Waals surface area contributed by atoms with Gasteiger partial charge in [0, 0.05) is 60.6 Å². The van der Waals surface area contributed by atoms with E-state index in [-0.39, 0.29) is 23.8 Å². The summed E-state index contributed by atoms with van der Waals surface area (Å²) in [5, 5.41) is 1.02. The fraction of sp³-hybridized carbons (Fsp3) is 0.353. The van der Waals surface area contributed by atoms with Gasteiger partial charge in [-0.25, -0.2) is 0 Å². The van der Waals surface area contributed by atoms with Gasteiger partial charge in [-0.15, -0.1) is 11.8 Å². The number of halogens is 1. The highest BCUT2D eigenvalue weighted by Crippen LogP contribution is 2.44. The normalized spacial score (nSPS) is 24.0. The summed E-state index contributed by atoms with van der Waals surface area (Å²) >= 11 is 7.78. The summed E-state index contributed by atoms with van der Waals surface area (Å²) in [6, 6.07) is 26.5. The van der Waals surface area contributed by atoms with E-state index in [0.29, 0.717) is 11.8 Å². The van der Waals surface area contributed by atoms with E-state index in [1.807, 2.05) is 65.6 Å². The van der Waals surface area contributed by atoms with Crippen molar-refractivity contribution in [3.8, 4) is 0 Å². The Hall–Kier alpha value is -3.22. The maximum absolute atomic E-state index is 14.0. The number of amides is 2. The first-order valence-electron chi connectivity index (χ1n) is 14.5. The molecule has 3 atom stereocenters. The molecule has 2 amide bonds. The van der Waals surface area contributed by atoms with Gasteiger partial charge in [0.05, 0.1) is 4.91 Å². The number of anilines is 1. The molecule has 5 nitrogen and oxygen atoms in total. The highest BCUT2D eigenvalue weighted by Gasteiger charge is 2.45. The van der Waals surface area contributed by atoms with E-state index < -0.39 is 0 Å². The predicted octanol–water partition coefficient (Wildman–Crippen LogP) is 6.65. The minimum atomic E-state index is -0.0496. The third-order valence-corrected chi connectivity index (χ3v) is 10.2. The molecule has 2 saturated heterocycles. The molecule has 3 aliphatic rings. The van der Waals surface area contributed by atoms with E-state index in [9.17, 15) is 9.59 Å². The molecule has 0 radical (unpaired) electrons. The van der Waals surface area contributed by atoms with Gasteiger partial charge in [0.2, 0.25) is 5.91 Å². The number of benzene rings is 3. The predicted molar refractivity (Wildman–Crippen MR) is 169 cm³/mol. The topological polar surface area (TPSA) is 43.9 Å². The molecule has 0 spiro atoms. The van der Waals surface area contributed by atoms with Gasteiger partial charge in [-0.1, -0.05) is 71.8 Å². The van der Waals surface area contributed by atoms with Crippen LogP contribution >= 0.6 is 23.4 Å². The first-order chi connectivity index (χ1) is 19.9. The van der Waals surface area contributed by atoms with Crippen molar-refractivity contribution in [1.29, 1.82) is 0 Å². The van der Waals surface area contributed by atoms with Crippen LogP contribution in [0.5, 0.6) is 0 Å². The van der Waals surface area contributed by atoms with Crippen LogP contribution in [0.1, 0.15) is 36.0 Å². The first-order valence-corrected chi connectivity index (χ1v) is 15.8. The standard InChI is InChI=1S/C34H36ClN3O2S/c1-24-6-5-9-26(20-24)23-38-30-22-27(10-15-31(30)41-32(34(38)40)21-25-7-3-2-4-8-25)33(39)37-18-16-36(17-19-37)29-13-11-28(35)12-14-29/h2-9,11-14,20-21,27,30-31H,10,15-19,22-23H2,1H3/b32-21-. The second-order valence-corrected chi connectivity index (χ2v) is 13.1. The molecule has 41 heavy (non-hydrogen) atoms. The Morgan fingerprint density at radius 3 is 2.44 bits per heavy atom. The number of fused-ring (bicyclic) bond motifs is 1. The van der Waals surface area contributed by atoms with Crippen LogP contribution in [-0.4, -0.2) is 59.1 Å². The lowest BCUT2D eigenvalue weighted by molar-refractivity contribution is -0.140. The van der Waals surface area contributed by atoms with Crippen LogP contribution in [-0.2, 0) is 16.1 Å². The lowest BCUT2D eigenvalue weighted by Crippen LogP contribution is -2.55. The zero-order valence-corrected chi connectivity index (χ0v) is 25.0. The lowest BCUT2D eigenvalue weighted by atomic mass is 9.83. The number of piperazine rings is 1. The van der Waals surface area contributed by atoms with Gasteiger partial charge in [-0.05, 0) is 67.7 Å². The molecule has 1 aliphatic carbocycles. The second kappa shape index (κ2) is 12.3. The summed E-state index contributed by atoms with van der Waals surface area (Å²) in [5.74, 6) is 0.274. The number of aryl methyl sites for hydroxylation is 1. The highest BCUT2D eigenvalue weighted by molar-refractivity contribution is 8.04. The Kier molecular flexibility index (Phi) is 8.40. The smallest absolute Gasteiger partial charge is 0.260 e. The molecule has 0 aromatic heterocycles. The Labute approximate surface area is 252 Å². The third kappa shape index (κ3) is 6.34. The number of thioether (sulfide) groups is 1. The maximum Gasteiger partial charge on any atom is 0.260 e. The highest BCUT2D eigenvalue weighted by atomic mass is 35.5. The SMILES string of the molecule is Cc1cccc(CN2C(=O)/C(=C/c3ccccc3)SC3CCC(C(=O)N4CCN(c5ccc(Cl)cc5)CC4)CC32)c1. The van der Waals surface area contributed by atoms with Gasteiger partial charge >= 0.3 is 0 Å². The summed E-state index contributed by atoms with van der Waals surface area (Å²) < 4.78 is 0. The molecule has 0 bridgehead atoms. The minimum absolute atomic E-state index is 0.0407. The first kappa shape index (κ1) is 27.9. The quantitative estimate of drug-likeness (QED) is 0.314. The van der Waals surface area contributed by atoms with Gasteiger partial charge in [0.1, 0.15) is 0 Å². The molecule has 3 unspecified atom stereocenters. The van der Waals surface area contributed by atoms with Crippen LogP contribution in [0, 0.1) is 12.8 Å². The number of hydrogen-bond donors (Lipinski definition) is 0. The van der Waals surface area contributed by atoms with Gasteiger partial charge in [0.15, 0.2) is 0 Å². The summed E-state index contributed by atoms with van der Waals surface area (Å²) in [5.41, 5.74) is 4.51. The Morgan fingerprint density at radius 2 is 1.71 bits per heavy atom. The summed E-state index contributed by atoms with van der Waals surface area (Å²) in [6.45, 7) is 5.71. The average Bonchev–Trinajstić information content (AvgIpc) is 3.00. The summed E-state index contributed by atoms with van der Waals surface area (Å²) in [4.78, 5) is 35.0. The van der Waals surface area contributed by atoms with Crippen LogP contribution in [0.15, 0.2) is 83.8 Å². The van der Waals surface area contributed by atoms with Crippen molar-refractivity contribution >= 4 is 46.9 Å². The largest absolute Gasteiger partial charge is 0.368 e. The lowest BCUT2D eigenvalue weighted by Gasteiger charge is -2.47. The number of rotatable bonds is 5. The van der Waals surface area contributed by atoms with Crippen molar-refractivity contribution < 1.29 is 9.59 Å². The number of hydrogen-bond acceptors (Lipinski definition) is 4. The Balaban J connectivity index is 1.17. The molecule has 212 valence electrons. The monoisotopic (exact) mass is 585 g/mol. The summed E-state index contributed by atoms with van der Waals surface area (Å²) in [6.07, 6.45) is 4.56. The Morgan fingerprint density at radius 1 is 0.951 bits per heavy atom. The molecule has 2 heterocycles. The van der Waals surface area contributed by atoms with Gasteiger partial charge in [-0.2, -0.15) is 0 Å². The molecule has 1 saturated carbocycles. The molecular weight excluding hydrogens is 550 g/mol. The van der Waals surface area contributed by atoms with Crippen LogP contribution in [0.2, 0.25) is 5.02 Å². The van der Waals surface area contributed by atoms with Crippen molar-refractivity contribution in [2.24, 2.45) is 5.92 Å². The van der Waals surface area contributed by atoms with E-state index in [4.69, 9.17) is 11.6 Å². The van der Waals surface area contributed by atoms with Gasteiger partial charge < -0.3 is 14.7 Å². The van der Waals surface area contributed by atoms with Crippen LogP contribution in [0.3, 0.4) is 0 Å². The average molecular weight is 586 g/mol. The van der Waals surface area contributed by atoms with E-state index in [1.165, 1.54) is 5.56 Å². The third-order valence-electron chi connectivity index (χ3n) is 8.57. The molecular formula is C34H36ClN3O2S. The molecule has 3 fully saturated rings. The molecule has 7 heteroatoms. The zero-order valence-electron chi connectivity index (χ0n) is 23.4. The number of carbonyl (C=O) groups excluding carboxylic acids is 2. The second-order valence-electron chi connectivity index (χ2n) is 11.4. The van der Waals surface area contributed by atoms with Crippen LogP contribution < -0.4 is 4.90 Å². The van der Waals surface area contributed by atoms with Crippen LogP contribution in [0.4, 0.5) is 5.69 Å². The van der Waals surface area contributed by atoms with E-state index >= 15 is 0 Å². The fourth-order valence-corrected chi connectivity index (χ4v) is 7.95. The van der Waals surface area contributed by atoms with Crippen molar-refractivity contribution in [1.82, 2.24) is 9.80 Å². The minimum Gasteiger partial charge on any atom is -0.368 e. The maximum atomic E-state index is 14.0. The van der Waals surface area contributed by atoms with Crippen molar-refractivity contribution in [3.63, 3.8) is 0 Å². The number of carbonyl (C=O) groups is 2. The molecule has 6 rings (SSSR count). The zero-order chi connectivity index (χ0) is 28.3. The molecule has 3 aromatic carbocycles. The summed E-state index contributed by atoms with van der Waals surface area (Å²) in [7, 11) is 0. The number of nitrogens with zero attached hydrogens (tertiary/aromatic N) is 3. The molecule has 0 N–H and O–H groups in total. The molecule has 3 aromatic rings. The van der Waals surface area contributed by atoms with E-state index in [2.05, 4.69) is 41.0 Å². The van der Waals surface area contributed by atoms with Gasteiger partial charge in [0.25, 0.3) is 5.91 Å². The molecule has 2 aliphatic heterocycles. The van der Waals surface area contributed by atoms with E-state index in [1.54, 1.807) is 11.8 Å². The van der Waals surface area contributed by atoms with Crippen molar-refractivity contribution in [3.05, 3.63) is 105 Å². The Bertz CT molecular complexity index is 1420. The fourth-order valence-electron chi connectivity index (χ4n) is 6.40. The van der Waals surface area contributed by atoms with Crippen molar-refractivity contribution in [2.45, 2.75) is 44.0 Å². The van der Waals surface area contributed by atoms with Crippen LogP contribution in [0.25, 0.3) is 6.08 Å². The van der Waals surface area contributed by atoms with Gasteiger partial charge in [-0.3, -0.25) is 9.59 Å². The van der Waals surface area contributed by atoms with E-state index in [0.717, 1.165) is 72.2 Å². The van der Waals surface area contributed by atoms with Crippen molar-refractivity contribution in [2.75, 3.05) is 31.1 Å².